The van der Waals surface area contributed by atoms with E-state index in [0.717, 1.165) is 5.92 Å². The molecule has 0 aromatic rings. The van der Waals surface area contributed by atoms with Gasteiger partial charge in [-0.15, -0.1) is 0 Å². The third-order valence-corrected chi connectivity index (χ3v) is 3.90. The summed E-state index contributed by atoms with van der Waals surface area (Å²) in [6.07, 6.45) is 16.5. The van der Waals surface area contributed by atoms with Gasteiger partial charge >= 0.3 is 0 Å². The van der Waals surface area contributed by atoms with Crippen LogP contribution in [0.3, 0.4) is 0 Å². The first-order valence-electron chi connectivity index (χ1n) is 8.66. The van der Waals surface area contributed by atoms with Crippen LogP contribution in [0.5, 0.6) is 0 Å². The molecule has 0 fully saturated rings. The molecule has 3 N–H and O–H groups in total. The van der Waals surface area contributed by atoms with E-state index in [9.17, 15) is 0 Å². The molecule has 0 aliphatic carbocycles. The third-order valence-electron chi connectivity index (χ3n) is 3.90. The second-order valence-electron chi connectivity index (χ2n) is 6.46. The highest BCUT2D eigenvalue weighted by atomic mass is 15.2. The number of nitrogens with one attached hydrogen (secondary N) is 1. The van der Waals surface area contributed by atoms with Crippen molar-refractivity contribution in [3.05, 3.63) is 0 Å². The van der Waals surface area contributed by atoms with E-state index in [-0.39, 0.29) is 0 Å². The molecule has 0 rings (SSSR count). The zero-order valence-corrected chi connectivity index (χ0v) is 13.7. The van der Waals surface area contributed by atoms with Crippen molar-refractivity contribution in [2.45, 2.75) is 104 Å². The highest BCUT2D eigenvalue weighted by Gasteiger charge is 2.07. The second kappa shape index (κ2) is 14.3. The number of hydrogen-bond donors (Lipinski definition) is 2. The van der Waals surface area contributed by atoms with Crippen LogP contribution < -0.4 is 11.3 Å². The molecule has 0 amide bonds. The molecule has 0 aliphatic rings. The van der Waals surface area contributed by atoms with Crippen molar-refractivity contribution in [2.75, 3.05) is 0 Å². The van der Waals surface area contributed by atoms with Crippen molar-refractivity contribution < 1.29 is 0 Å². The van der Waals surface area contributed by atoms with Gasteiger partial charge in [-0.3, -0.25) is 11.3 Å². The van der Waals surface area contributed by atoms with Crippen LogP contribution in [0, 0.1) is 5.92 Å². The molecule has 0 aromatic heterocycles. The molecule has 0 heterocycles. The number of hydrazine groups is 1. The van der Waals surface area contributed by atoms with Gasteiger partial charge < -0.3 is 0 Å². The van der Waals surface area contributed by atoms with Crippen LogP contribution in [0.15, 0.2) is 0 Å². The molecule has 0 saturated heterocycles. The van der Waals surface area contributed by atoms with Gasteiger partial charge in [0.25, 0.3) is 0 Å². The van der Waals surface area contributed by atoms with Crippen LogP contribution in [0.4, 0.5) is 0 Å². The van der Waals surface area contributed by atoms with Crippen LogP contribution in [0.25, 0.3) is 0 Å². The van der Waals surface area contributed by atoms with Gasteiger partial charge in [0.15, 0.2) is 0 Å². The summed E-state index contributed by atoms with van der Waals surface area (Å²) in [6.45, 7) is 6.81. The molecule has 19 heavy (non-hydrogen) atoms. The fraction of sp³-hybridized carbons (Fsp3) is 1.00. The summed E-state index contributed by atoms with van der Waals surface area (Å²) in [4.78, 5) is 0. The SMILES string of the molecule is CCCCCCCCCCCCC(CC(C)C)NN. The number of unbranched alkanes of at least 4 members (excludes halogenated alkanes) is 9. The zero-order chi connectivity index (χ0) is 14.3. The normalized spacial score (nSPS) is 13.1. The van der Waals surface area contributed by atoms with Gasteiger partial charge in [-0.2, -0.15) is 0 Å². The van der Waals surface area contributed by atoms with Gasteiger partial charge in [0.1, 0.15) is 0 Å². The summed E-state index contributed by atoms with van der Waals surface area (Å²) >= 11 is 0. The maximum Gasteiger partial charge on any atom is 0.0213 e. The maximum atomic E-state index is 5.59. The number of rotatable bonds is 14. The highest BCUT2D eigenvalue weighted by Crippen LogP contribution is 2.14. The van der Waals surface area contributed by atoms with E-state index in [2.05, 4.69) is 26.2 Å². The van der Waals surface area contributed by atoms with E-state index in [4.69, 9.17) is 5.84 Å². The summed E-state index contributed by atoms with van der Waals surface area (Å²) in [5.74, 6) is 6.33. The first kappa shape index (κ1) is 18.9. The van der Waals surface area contributed by atoms with Gasteiger partial charge in [0.2, 0.25) is 0 Å². The molecule has 0 spiro atoms. The minimum absolute atomic E-state index is 0.522. The molecule has 1 atom stereocenters. The van der Waals surface area contributed by atoms with Crippen LogP contribution in [0.2, 0.25) is 0 Å². The number of hydrogen-bond acceptors (Lipinski definition) is 2. The topological polar surface area (TPSA) is 38.0 Å². The lowest BCUT2D eigenvalue weighted by molar-refractivity contribution is 0.389. The average molecular weight is 271 g/mol. The van der Waals surface area contributed by atoms with Crippen LogP contribution >= 0.6 is 0 Å². The van der Waals surface area contributed by atoms with Crippen molar-refractivity contribution >= 4 is 0 Å². The molecule has 0 aromatic carbocycles. The lowest BCUT2D eigenvalue weighted by atomic mass is 9.98. The van der Waals surface area contributed by atoms with Crippen LogP contribution in [0.1, 0.15) is 97.8 Å². The molecule has 0 aliphatic heterocycles. The molecule has 0 radical (unpaired) electrons. The Kier molecular flexibility index (Phi) is 14.3. The van der Waals surface area contributed by atoms with Gasteiger partial charge in [-0.1, -0.05) is 85.0 Å². The lowest BCUT2D eigenvalue weighted by Gasteiger charge is -2.17. The Morgan fingerprint density at radius 1 is 0.789 bits per heavy atom. The van der Waals surface area contributed by atoms with Crippen molar-refractivity contribution in [3.63, 3.8) is 0 Å². The highest BCUT2D eigenvalue weighted by molar-refractivity contribution is 4.65. The van der Waals surface area contributed by atoms with Gasteiger partial charge in [-0.05, 0) is 18.8 Å². The minimum Gasteiger partial charge on any atom is -0.271 e. The molecule has 116 valence electrons. The molecular weight excluding hydrogens is 232 g/mol. The van der Waals surface area contributed by atoms with Crippen LogP contribution in [-0.4, -0.2) is 6.04 Å². The fourth-order valence-electron chi connectivity index (χ4n) is 2.72. The Balaban J connectivity index is 3.21. The number of nitrogens with two attached hydrogens (primary N) is 1. The van der Waals surface area contributed by atoms with E-state index < -0.39 is 0 Å². The predicted octanol–water partition coefficient (Wildman–Crippen LogP) is 5.18. The van der Waals surface area contributed by atoms with Crippen molar-refractivity contribution in [1.82, 2.24) is 5.43 Å². The quantitative estimate of drug-likeness (QED) is 0.259. The summed E-state index contributed by atoms with van der Waals surface area (Å²) in [6, 6.07) is 0.522. The first-order chi connectivity index (χ1) is 9.20. The van der Waals surface area contributed by atoms with Crippen LogP contribution in [-0.2, 0) is 0 Å². The largest absolute Gasteiger partial charge is 0.271 e. The predicted molar refractivity (Wildman–Crippen MR) is 87.0 cm³/mol. The van der Waals surface area contributed by atoms with E-state index >= 15 is 0 Å². The van der Waals surface area contributed by atoms with Crippen molar-refractivity contribution in [2.24, 2.45) is 11.8 Å². The fourth-order valence-corrected chi connectivity index (χ4v) is 2.72. The first-order valence-corrected chi connectivity index (χ1v) is 8.66. The lowest BCUT2D eigenvalue weighted by Crippen LogP contribution is -2.36. The second-order valence-corrected chi connectivity index (χ2v) is 6.46. The summed E-state index contributed by atoms with van der Waals surface area (Å²) < 4.78 is 0. The monoisotopic (exact) mass is 270 g/mol. The summed E-state index contributed by atoms with van der Waals surface area (Å²) in [5.41, 5.74) is 2.96. The Morgan fingerprint density at radius 2 is 1.26 bits per heavy atom. The van der Waals surface area contributed by atoms with E-state index in [1.54, 1.807) is 0 Å². The molecular formula is C17H38N2. The average Bonchev–Trinajstić information content (AvgIpc) is 2.39. The van der Waals surface area contributed by atoms with Gasteiger partial charge in [-0.25, -0.2) is 0 Å². The van der Waals surface area contributed by atoms with Crippen molar-refractivity contribution in [3.8, 4) is 0 Å². The minimum atomic E-state index is 0.522. The third kappa shape index (κ3) is 14.1. The Morgan fingerprint density at radius 3 is 1.68 bits per heavy atom. The van der Waals surface area contributed by atoms with Crippen molar-refractivity contribution in [1.29, 1.82) is 0 Å². The molecule has 0 bridgehead atoms. The maximum absolute atomic E-state index is 5.59. The standard InChI is InChI=1S/C17H38N2/c1-4-5-6-7-8-9-10-11-12-13-14-17(19-18)15-16(2)3/h16-17,19H,4-15,18H2,1-3H3. The molecule has 0 saturated carbocycles. The zero-order valence-electron chi connectivity index (χ0n) is 13.7. The smallest absolute Gasteiger partial charge is 0.0213 e. The molecule has 2 heteroatoms. The Labute approximate surface area is 121 Å². The summed E-state index contributed by atoms with van der Waals surface area (Å²) in [7, 11) is 0. The molecule has 2 nitrogen and oxygen atoms in total. The van der Waals surface area contributed by atoms with Gasteiger partial charge in [0.05, 0.1) is 0 Å². The van der Waals surface area contributed by atoms with E-state index in [1.165, 1.54) is 77.0 Å². The van der Waals surface area contributed by atoms with E-state index in [1.807, 2.05) is 0 Å². The molecule has 1 unspecified atom stereocenters. The Bertz CT molecular complexity index is 169. The van der Waals surface area contributed by atoms with Gasteiger partial charge in [0, 0.05) is 6.04 Å². The van der Waals surface area contributed by atoms with E-state index in [0.29, 0.717) is 6.04 Å². The summed E-state index contributed by atoms with van der Waals surface area (Å²) in [5, 5.41) is 0. The Hall–Kier alpha value is -0.0800.